The zero-order chi connectivity index (χ0) is 11.0. The second-order valence-corrected chi connectivity index (χ2v) is 3.90. The lowest BCUT2D eigenvalue weighted by molar-refractivity contribution is -0.141. The molecule has 0 aromatic carbocycles. The Morgan fingerprint density at radius 2 is 1.86 bits per heavy atom. The first-order chi connectivity index (χ1) is 6.52. The molecule has 0 aliphatic heterocycles. The first-order valence-electron chi connectivity index (χ1n) is 5.06. The number of rotatable bonds is 5. The Kier molecular flexibility index (Phi) is 6.81. The van der Waals surface area contributed by atoms with Crippen molar-refractivity contribution in [1.29, 1.82) is 0 Å². The van der Waals surface area contributed by atoms with Crippen LogP contribution in [0.1, 0.15) is 34.1 Å². The van der Waals surface area contributed by atoms with E-state index in [-0.39, 0.29) is 12.1 Å². The van der Waals surface area contributed by atoms with Crippen LogP contribution in [0.4, 0.5) is 0 Å². The molecule has 2 nitrogen and oxygen atoms in total. The maximum atomic E-state index is 11.0. The highest BCUT2D eigenvalue weighted by molar-refractivity contribution is 5.82. The second kappa shape index (κ2) is 7.36. The van der Waals surface area contributed by atoms with Crippen molar-refractivity contribution in [3.8, 4) is 0 Å². The summed E-state index contributed by atoms with van der Waals surface area (Å²) < 4.78 is 4.92. The largest absolute Gasteiger partial charge is 0.460 e. The molecule has 0 heterocycles. The van der Waals surface area contributed by atoms with Crippen molar-refractivity contribution < 1.29 is 9.53 Å². The van der Waals surface area contributed by atoms with Crippen molar-refractivity contribution in [3.05, 3.63) is 24.3 Å². The van der Waals surface area contributed by atoms with Crippen LogP contribution in [-0.2, 0) is 9.53 Å². The van der Waals surface area contributed by atoms with E-state index < -0.39 is 0 Å². The summed E-state index contributed by atoms with van der Waals surface area (Å²) in [6.45, 7) is 7.98. The Morgan fingerprint density at radius 3 is 2.36 bits per heavy atom. The van der Waals surface area contributed by atoms with Crippen LogP contribution in [0.25, 0.3) is 0 Å². The van der Waals surface area contributed by atoms with Gasteiger partial charge in [0.25, 0.3) is 0 Å². The molecule has 0 aliphatic carbocycles. The van der Waals surface area contributed by atoms with E-state index in [0.29, 0.717) is 5.92 Å². The zero-order valence-corrected chi connectivity index (χ0v) is 9.49. The molecule has 0 saturated carbocycles. The van der Waals surface area contributed by atoms with E-state index >= 15 is 0 Å². The van der Waals surface area contributed by atoms with Crippen molar-refractivity contribution in [2.24, 2.45) is 5.92 Å². The number of allylic oxidation sites excluding steroid dienone is 3. The number of esters is 1. The van der Waals surface area contributed by atoms with Gasteiger partial charge < -0.3 is 4.74 Å². The van der Waals surface area contributed by atoms with Crippen LogP contribution in [-0.4, -0.2) is 12.1 Å². The molecule has 0 aromatic rings. The molecule has 0 aromatic heterocycles. The number of ether oxygens (including phenoxy) is 1. The second-order valence-electron chi connectivity index (χ2n) is 3.90. The highest BCUT2D eigenvalue weighted by Crippen LogP contribution is 1.99. The maximum absolute atomic E-state index is 11.0. The molecule has 0 unspecified atom stereocenters. The molecule has 14 heavy (non-hydrogen) atoms. The Morgan fingerprint density at radius 1 is 1.21 bits per heavy atom. The third-order valence-electron chi connectivity index (χ3n) is 1.44. The molecule has 0 bridgehead atoms. The van der Waals surface area contributed by atoms with Gasteiger partial charge in [-0.25, -0.2) is 4.79 Å². The molecule has 0 atom stereocenters. The van der Waals surface area contributed by atoms with Crippen LogP contribution in [0.5, 0.6) is 0 Å². The highest BCUT2D eigenvalue weighted by Gasteiger charge is 1.97. The molecule has 0 aliphatic rings. The fourth-order valence-corrected chi connectivity index (χ4v) is 0.835. The van der Waals surface area contributed by atoms with Gasteiger partial charge in [0.1, 0.15) is 0 Å². The van der Waals surface area contributed by atoms with Crippen molar-refractivity contribution in [2.75, 3.05) is 0 Å². The summed E-state index contributed by atoms with van der Waals surface area (Å²) in [6, 6.07) is 0. The van der Waals surface area contributed by atoms with Gasteiger partial charge in [0.2, 0.25) is 0 Å². The first kappa shape index (κ1) is 12.9. The molecule has 0 rings (SSSR count). The van der Waals surface area contributed by atoms with Crippen molar-refractivity contribution in [1.82, 2.24) is 0 Å². The van der Waals surface area contributed by atoms with Crippen LogP contribution in [0.2, 0.25) is 0 Å². The summed E-state index contributed by atoms with van der Waals surface area (Å²) in [5.74, 6) is 0.372. The molecular weight excluding hydrogens is 176 g/mol. The summed E-state index contributed by atoms with van der Waals surface area (Å²) in [6.07, 6.45) is 8.06. The lowest BCUT2D eigenvalue weighted by Gasteiger charge is -2.03. The molecular formula is C12H20O2. The predicted octanol–water partition coefficient (Wildman–Crippen LogP) is 3.10. The molecule has 0 radical (unpaired) electrons. The fraction of sp³-hybridized carbons (Fsp3) is 0.583. The maximum Gasteiger partial charge on any atom is 0.330 e. The quantitative estimate of drug-likeness (QED) is 0.383. The summed E-state index contributed by atoms with van der Waals surface area (Å²) >= 11 is 0. The van der Waals surface area contributed by atoms with Gasteiger partial charge in [-0.15, -0.1) is 0 Å². The van der Waals surface area contributed by atoms with Crippen LogP contribution < -0.4 is 0 Å². The van der Waals surface area contributed by atoms with E-state index in [1.165, 1.54) is 6.08 Å². The normalized spacial score (nSPS) is 12.1. The number of carbonyl (C=O) groups excluding carboxylic acids is 1. The van der Waals surface area contributed by atoms with Gasteiger partial charge in [-0.3, -0.25) is 0 Å². The standard InChI is InChI=1S/C12H20O2/c1-10(2)8-6-5-7-9-12(13)14-11(3)4/h5-7,9-11H,8H2,1-4H3. The molecule has 0 spiro atoms. The minimum absolute atomic E-state index is 0.0493. The molecule has 0 amide bonds. The van der Waals surface area contributed by atoms with E-state index in [9.17, 15) is 4.79 Å². The average molecular weight is 196 g/mol. The summed E-state index contributed by atoms with van der Waals surface area (Å²) in [5.41, 5.74) is 0. The average Bonchev–Trinajstić information content (AvgIpc) is 2.01. The SMILES string of the molecule is CC(C)CC=CC=CC(=O)OC(C)C. The van der Waals surface area contributed by atoms with Gasteiger partial charge in [0, 0.05) is 6.08 Å². The van der Waals surface area contributed by atoms with Crippen LogP contribution in [0, 0.1) is 5.92 Å². The molecule has 0 fully saturated rings. The van der Waals surface area contributed by atoms with E-state index in [1.807, 2.05) is 26.0 Å². The van der Waals surface area contributed by atoms with E-state index in [2.05, 4.69) is 13.8 Å². The fourth-order valence-electron chi connectivity index (χ4n) is 0.835. The minimum atomic E-state index is -0.283. The molecule has 0 saturated heterocycles. The van der Waals surface area contributed by atoms with Crippen molar-refractivity contribution >= 4 is 5.97 Å². The Bertz CT molecular complexity index is 212. The molecule has 80 valence electrons. The smallest absolute Gasteiger partial charge is 0.330 e. The summed E-state index contributed by atoms with van der Waals surface area (Å²) in [5, 5.41) is 0. The Balaban J connectivity index is 3.71. The van der Waals surface area contributed by atoms with Crippen LogP contribution >= 0.6 is 0 Å². The van der Waals surface area contributed by atoms with Gasteiger partial charge >= 0.3 is 5.97 Å². The van der Waals surface area contributed by atoms with Crippen LogP contribution in [0.3, 0.4) is 0 Å². The van der Waals surface area contributed by atoms with Gasteiger partial charge in [0.15, 0.2) is 0 Å². The van der Waals surface area contributed by atoms with Gasteiger partial charge in [-0.2, -0.15) is 0 Å². The minimum Gasteiger partial charge on any atom is -0.460 e. The van der Waals surface area contributed by atoms with Crippen molar-refractivity contribution in [3.63, 3.8) is 0 Å². The van der Waals surface area contributed by atoms with E-state index in [4.69, 9.17) is 4.74 Å². The van der Waals surface area contributed by atoms with Gasteiger partial charge in [0.05, 0.1) is 6.10 Å². The number of carbonyl (C=O) groups is 1. The Labute approximate surface area is 86.6 Å². The summed E-state index contributed by atoms with van der Waals surface area (Å²) in [7, 11) is 0. The monoisotopic (exact) mass is 196 g/mol. The predicted molar refractivity (Wildman–Crippen MR) is 59.0 cm³/mol. The highest BCUT2D eigenvalue weighted by atomic mass is 16.5. The van der Waals surface area contributed by atoms with E-state index in [1.54, 1.807) is 6.08 Å². The third-order valence-corrected chi connectivity index (χ3v) is 1.44. The van der Waals surface area contributed by atoms with E-state index in [0.717, 1.165) is 6.42 Å². The summed E-state index contributed by atoms with van der Waals surface area (Å²) in [4.78, 5) is 11.0. The Hall–Kier alpha value is -1.05. The van der Waals surface area contributed by atoms with Crippen molar-refractivity contribution in [2.45, 2.75) is 40.2 Å². The number of hydrogen-bond acceptors (Lipinski definition) is 2. The lowest BCUT2D eigenvalue weighted by atomic mass is 10.1. The number of hydrogen-bond donors (Lipinski definition) is 0. The first-order valence-corrected chi connectivity index (χ1v) is 5.06. The van der Waals surface area contributed by atoms with Gasteiger partial charge in [-0.05, 0) is 26.2 Å². The molecule has 2 heteroatoms. The lowest BCUT2D eigenvalue weighted by Crippen LogP contribution is -2.08. The third kappa shape index (κ3) is 9.04. The van der Waals surface area contributed by atoms with Crippen LogP contribution in [0.15, 0.2) is 24.3 Å². The zero-order valence-electron chi connectivity index (χ0n) is 9.49. The molecule has 0 N–H and O–H groups in total. The van der Waals surface area contributed by atoms with Gasteiger partial charge in [-0.1, -0.05) is 32.1 Å². The topological polar surface area (TPSA) is 26.3 Å².